The van der Waals surface area contributed by atoms with Gasteiger partial charge in [0.05, 0.1) is 18.0 Å². The molecular formula is C18H27N3OS. The second kappa shape index (κ2) is 8.52. The predicted molar refractivity (Wildman–Crippen MR) is 98.3 cm³/mol. The third kappa shape index (κ3) is 4.59. The fraction of sp³-hybridized carbons (Fsp3) is 0.500. The Hall–Kier alpha value is -1.30. The van der Waals surface area contributed by atoms with Crippen LogP contribution in [0, 0.1) is 0 Å². The Morgan fingerprint density at radius 2 is 1.91 bits per heavy atom. The monoisotopic (exact) mass is 333 g/mol. The van der Waals surface area contributed by atoms with Crippen LogP contribution in [0.1, 0.15) is 37.9 Å². The number of aliphatic hydroxyl groups is 1. The minimum atomic E-state index is 0.190. The van der Waals surface area contributed by atoms with E-state index in [1.54, 1.807) is 11.8 Å². The number of nitrogens with zero attached hydrogens (tertiary/aromatic N) is 2. The fourth-order valence-corrected chi connectivity index (χ4v) is 3.25. The molecule has 1 aromatic heterocycles. The van der Waals surface area contributed by atoms with E-state index in [0.717, 1.165) is 17.9 Å². The molecule has 0 aliphatic heterocycles. The number of rotatable bonds is 8. The van der Waals surface area contributed by atoms with Crippen LogP contribution in [0.25, 0.3) is 5.69 Å². The van der Waals surface area contributed by atoms with Crippen molar-refractivity contribution in [1.29, 1.82) is 0 Å². The normalized spacial score (nSPS) is 14.2. The molecule has 0 radical (unpaired) electrons. The van der Waals surface area contributed by atoms with Crippen LogP contribution in [0.2, 0.25) is 0 Å². The van der Waals surface area contributed by atoms with Gasteiger partial charge >= 0.3 is 0 Å². The molecule has 0 spiro atoms. The van der Waals surface area contributed by atoms with Crippen LogP contribution in [0.3, 0.4) is 0 Å². The molecule has 0 aliphatic carbocycles. The molecule has 2 N–H and O–H groups in total. The molecule has 0 fully saturated rings. The maximum atomic E-state index is 9.41. The molecule has 23 heavy (non-hydrogen) atoms. The van der Waals surface area contributed by atoms with Gasteiger partial charge in [-0.05, 0) is 31.2 Å². The molecule has 2 atom stereocenters. The first-order valence-corrected chi connectivity index (χ1v) is 9.36. The van der Waals surface area contributed by atoms with Gasteiger partial charge in [-0.2, -0.15) is 16.9 Å². The summed E-state index contributed by atoms with van der Waals surface area (Å²) >= 11 is 1.69. The van der Waals surface area contributed by atoms with Gasteiger partial charge in [0.25, 0.3) is 0 Å². The molecule has 0 saturated heterocycles. The van der Waals surface area contributed by atoms with Crippen molar-refractivity contribution < 1.29 is 5.11 Å². The number of hydrogen-bond donors (Lipinski definition) is 2. The van der Waals surface area contributed by atoms with E-state index < -0.39 is 0 Å². The van der Waals surface area contributed by atoms with E-state index in [-0.39, 0.29) is 17.9 Å². The third-order valence-electron chi connectivity index (χ3n) is 4.05. The summed E-state index contributed by atoms with van der Waals surface area (Å²) in [6.07, 6.45) is 4.14. The highest BCUT2D eigenvalue weighted by Crippen LogP contribution is 2.20. The quantitative estimate of drug-likeness (QED) is 0.779. The van der Waals surface area contributed by atoms with Crippen LogP contribution in [0.15, 0.2) is 36.5 Å². The average molecular weight is 334 g/mol. The molecule has 5 heteroatoms. The summed E-state index contributed by atoms with van der Waals surface area (Å²) in [5, 5.41) is 17.9. The molecule has 0 bridgehead atoms. The van der Waals surface area contributed by atoms with Crippen LogP contribution < -0.4 is 5.32 Å². The zero-order valence-electron chi connectivity index (χ0n) is 14.4. The minimum Gasteiger partial charge on any atom is -0.395 e. The summed E-state index contributed by atoms with van der Waals surface area (Å²) in [7, 11) is 0. The smallest absolute Gasteiger partial charge is 0.0699 e. The van der Waals surface area contributed by atoms with E-state index in [9.17, 15) is 5.11 Å². The first kappa shape index (κ1) is 18.0. The molecule has 2 unspecified atom stereocenters. The first-order valence-electron chi connectivity index (χ1n) is 8.07. The lowest BCUT2D eigenvalue weighted by Crippen LogP contribution is -2.37. The van der Waals surface area contributed by atoms with Crippen molar-refractivity contribution >= 4 is 11.8 Å². The van der Waals surface area contributed by atoms with Crippen molar-refractivity contribution in [3.05, 3.63) is 47.8 Å². The van der Waals surface area contributed by atoms with Gasteiger partial charge in [-0.15, -0.1) is 0 Å². The Kier molecular flexibility index (Phi) is 6.69. The molecule has 0 saturated carbocycles. The number of benzene rings is 1. The highest BCUT2D eigenvalue weighted by Gasteiger charge is 2.17. The summed E-state index contributed by atoms with van der Waals surface area (Å²) in [6, 6.07) is 10.4. The van der Waals surface area contributed by atoms with Gasteiger partial charge in [0.15, 0.2) is 0 Å². The molecule has 1 aromatic carbocycles. The van der Waals surface area contributed by atoms with Crippen molar-refractivity contribution in [3.8, 4) is 5.69 Å². The zero-order valence-corrected chi connectivity index (χ0v) is 15.2. The maximum absolute atomic E-state index is 9.41. The predicted octanol–water partition coefficient (Wildman–Crippen LogP) is 3.20. The van der Waals surface area contributed by atoms with Crippen LogP contribution in [0.4, 0.5) is 0 Å². The molecule has 1 heterocycles. The van der Waals surface area contributed by atoms with Crippen molar-refractivity contribution in [2.75, 3.05) is 12.9 Å². The summed E-state index contributed by atoms with van der Waals surface area (Å²) in [5.41, 5.74) is 3.41. The van der Waals surface area contributed by atoms with E-state index in [0.29, 0.717) is 5.92 Å². The van der Waals surface area contributed by atoms with Gasteiger partial charge in [-0.1, -0.05) is 32.0 Å². The standard InChI is InChI=1S/C18H27N3OS/c1-13(2)18-15(10-19-14(3)17(12-22)23-4)11-21(20-18)16-8-6-5-7-9-16/h5-9,11,13-14,17,19,22H,10,12H2,1-4H3. The highest BCUT2D eigenvalue weighted by atomic mass is 32.2. The minimum absolute atomic E-state index is 0.190. The SMILES string of the molecule is CSC(CO)C(C)NCc1cn(-c2ccccc2)nc1C(C)C. The number of hydrogen-bond acceptors (Lipinski definition) is 4. The molecule has 0 amide bonds. The first-order chi connectivity index (χ1) is 11.1. The van der Waals surface area contributed by atoms with E-state index in [2.05, 4.69) is 44.4 Å². The van der Waals surface area contributed by atoms with Crippen molar-refractivity contribution in [1.82, 2.24) is 15.1 Å². The van der Waals surface area contributed by atoms with Gasteiger partial charge in [-0.3, -0.25) is 0 Å². The molecule has 2 aromatic rings. The zero-order chi connectivity index (χ0) is 16.8. The van der Waals surface area contributed by atoms with Crippen LogP contribution in [0.5, 0.6) is 0 Å². The van der Waals surface area contributed by atoms with E-state index in [1.165, 1.54) is 5.56 Å². The van der Waals surface area contributed by atoms with E-state index >= 15 is 0 Å². The Bertz CT molecular complexity index is 594. The van der Waals surface area contributed by atoms with Crippen molar-refractivity contribution in [3.63, 3.8) is 0 Å². The second-order valence-corrected chi connectivity index (χ2v) is 7.18. The number of para-hydroxylation sites is 1. The van der Waals surface area contributed by atoms with Gasteiger partial charge in [0.1, 0.15) is 0 Å². The molecule has 2 rings (SSSR count). The van der Waals surface area contributed by atoms with E-state index in [4.69, 9.17) is 5.10 Å². The Morgan fingerprint density at radius 3 is 2.48 bits per heavy atom. The summed E-state index contributed by atoms with van der Waals surface area (Å²) in [6.45, 7) is 7.41. The Morgan fingerprint density at radius 1 is 1.22 bits per heavy atom. The van der Waals surface area contributed by atoms with Crippen molar-refractivity contribution in [2.24, 2.45) is 0 Å². The number of nitrogens with one attached hydrogen (secondary N) is 1. The van der Waals surface area contributed by atoms with Crippen LogP contribution in [-0.2, 0) is 6.54 Å². The summed E-state index contributed by atoms with van der Waals surface area (Å²) in [5.74, 6) is 0.376. The van der Waals surface area contributed by atoms with Gasteiger partial charge in [0, 0.05) is 29.6 Å². The topological polar surface area (TPSA) is 50.1 Å². The van der Waals surface area contributed by atoms with Gasteiger partial charge in [0.2, 0.25) is 0 Å². The Labute approximate surface area is 143 Å². The number of thioether (sulfide) groups is 1. The lowest BCUT2D eigenvalue weighted by atomic mass is 10.1. The highest BCUT2D eigenvalue weighted by molar-refractivity contribution is 7.99. The number of aliphatic hydroxyl groups excluding tert-OH is 1. The summed E-state index contributed by atoms with van der Waals surface area (Å²) in [4.78, 5) is 0. The lowest BCUT2D eigenvalue weighted by Gasteiger charge is -2.21. The van der Waals surface area contributed by atoms with Gasteiger partial charge in [-0.25, -0.2) is 4.68 Å². The van der Waals surface area contributed by atoms with Crippen LogP contribution >= 0.6 is 11.8 Å². The average Bonchev–Trinajstić information content (AvgIpc) is 2.99. The van der Waals surface area contributed by atoms with E-state index in [1.807, 2.05) is 29.1 Å². The number of aromatic nitrogens is 2. The van der Waals surface area contributed by atoms with Crippen LogP contribution in [-0.4, -0.2) is 39.0 Å². The lowest BCUT2D eigenvalue weighted by molar-refractivity contribution is 0.275. The summed E-state index contributed by atoms with van der Waals surface area (Å²) < 4.78 is 1.95. The van der Waals surface area contributed by atoms with Gasteiger partial charge < -0.3 is 10.4 Å². The molecule has 126 valence electrons. The maximum Gasteiger partial charge on any atom is 0.0699 e. The Balaban J connectivity index is 2.16. The van der Waals surface area contributed by atoms with Crippen molar-refractivity contribution in [2.45, 2.75) is 44.5 Å². The third-order valence-corrected chi connectivity index (χ3v) is 5.21. The molecule has 0 aliphatic rings. The second-order valence-electron chi connectivity index (χ2n) is 6.10. The fourth-order valence-electron chi connectivity index (χ4n) is 2.60. The molecular weight excluding hydrogens is 306 g/mol. The largest absolute Gasteiger partial charge is 0.395 e. The molecule has 4 nitrogen and oxygen atoms in total.